The van der Waals surface area contributed by atoms with Gasteiger partial charge in [0.15, 0.2) is 0 Å². The van der Waals surface area contributed by atoms with Crippen LogP contribution in [0.2, 0.25) is 0 Å². The van der Waals surface area contributed by atoms with E-state index >= 15 is 0 Å². The maximum Gasteiger partial charge on any atom is -0.00519 e. The molecule has 13 heavy (non-hydrogen) atoms. The van der Waals surface area contributed by atoms with Crippen molar-refractivity contribution in [1.29, 1.82) is 0 Å². The van der Waals surface area contributed by atoms with Crippen LogP contribution in [0.3, 0.4) is 0 Å². The van der Waals surface area contributed by atoms with Gasteiger partial charge in [0.05, 0.1) is 0 Å². The molecule has 0 spiro atoms. The van der Waals surface area contributed by atoms with Crippen molar-refractivity contribution in [1.82, 2.24) is 5.32 Å². The van der Waals surface area contributed by atoms with Gasteiger partial charge in [0.2, 0.25) is 0 Å². The van der Waals surface area contributed by atoms with Crippen molar-refractivity contribution in [2.24, 2.45) is 11.8 Å². The maximum absolute atomic E-state index is 3.19. The third-order valence-electron chi connectivity index (χ3n) is 2.61. The highest BCUT2D eigenvalue weighted by atomic mass is 14.8. The third kappa shape index (κ3) is 9.88. The molecule has 1 atom stereocenters. The molecule has 0 amide bonds. The number of rotatable bonds is 8. The minimum absolute atomic E-state index is 0.875. The smallest absolute Gasteiger partial charge is 0.00519 e. The standard InChI is InChI=1S/C12H27N/c1-11(2)8-9-12(3)7-5-6-10-13-4/h11-13H,5-10H2,1-4H3. The first-order valence-electron chi connectivity index (χ1n) is 5.81. The van der Waals surface area contributed by atoms with E-state index in [1.165, 1.54) is 38.6 Å². The van der Waals surface area contributed by atoms with E-state index in [0.717, 1.165) is 11.8 Å². The summed E-state index contributed by atoms with van der Waals surface area (Å²) in [6, 6.07) is 0. The van der Waals surface area contributed by atoms with Crippen LogP contribution in [-0.4, -0.2) is 13.6 Å². The summed E-state index contributed by atoms with van der Waals surface area (Å²) < 4.78 is 0. The number of unbranched alkanes of at least 4 members (excludes halogenated alkanes) is 1. The fourth-order valence-corrected chi connectivity index (χ4v) is 1.56. The number of nitrogens with one attached hydrogen (secondary N) is 1. The third-order valence-corrected chi connectivity index (χ3v) is 2.61. The van der Waals surface area contributed by atoms with Crippen molar-refractivity contribution in [2.45, 2.75) is 52.9 Å². The van der Waals surface area contributed by atoms with Gasteiger partial charge in [-0.05, 0) is 31.8 Å². The second-order valence-corrected chi connectivity index (χ2v) is 4.68. The van der Waals surface area contributed by atoms with Crippen molar-refractivity contribution in [3.8, 4) is 0 Å². The van der Waals surface area contributed by atoms with E-state index in [2.05, 4.69) is 26.1 Å². The van der Waals surface area contributed by atoms with Crippen LogP contribution in [-0.2, 0) is 0 Å². The van der Waals surface area contributed by atoms with Gasteiger partial charge in [-0.15, -0.1) is 0 Å². The van der Waals surface area contributed by atoms with Crippen molar-refractivity contribution in [3.05, 3.63) is 0 Å². The molecule has 0 radical (unpaired) electrons. The van der Waals surface area contributed by atoms with Crippen LogP contribution in [0.1, 0.15) is 52.9 Å². The Hall–Kier alpha value is -0.0400. The summed E-state index contributed by atoms with van der Waals surface area (Å²) in [5.41, 5.74) is 0. The molecule has 0 aromatic heterocycles. The summed E-state index contributed by atoms with van der Waals surface area (Å²) >= 11 is 0. The van der Waals surface area contributed by atoms with Gasteiger partial charge in [0.1, 0.15) is 0 Å². The SMILES string of the molecule is CNCCCCC(C)CCC(C)C. The Kier molecular flexibility index (Phi) is 8.53. The highest BCUT2D eigenvalue weighted by Crippen LogP contribution is 2.16. The summed E-state index contributed by atoms with van der Waals surface area (Å²) in [5.74, 6) is 1.80. The largest absolute Gasteiger partial charge is 0.320 e. The van der Waals surface area contributed by atoms with Gasteiger partial charge in [0, 0.05) is 0 Å². The minimum Gasteiger partial charge on any atom is -0.320 e. The molecule has 0 heterocycles. The van der Waals surface area contributed by atoms with E-state index in [-0.39, 0.29) is 0 Å². The van der Waals surface area contributed by atoms with Crippen molar-refractivity contribution in [2.75, 3.05) is 13.6 Å². The summed E-state index contributed by atoms with van der Waals surface area (Å²) in [4.78, 5) is 0. The van der Waals surface area contributed by atoms with Gasteiger partial charge in [0.25, 0.3) is 0 Å². The van der Waals surface area contributed by atoms with E-state index in [0.29, 0.717) is 0 Å². The summed E-state index contributed by atoms with van der Waals surface area (Å²) in [7, 11) is 2.03. The lowest BCUT2D eigenvalue weighted by molar-refractivity contribution is 0.413. The van der Waals surface area contributed by atoms with Crippen LogP contribution in [0.15, 0.2) is 0 Å². The average Bonchev–Trinajstić information content (AvgIpc) is 2.09. The normalized spacial score (nSPS) is 13.6. The Balaban J connectivity index is 3.15. The lowest BCUT2D eigenvalue weighted by Crippen LogP contribution is -2.08. The molecular weight excluding hydrogens is 158 g/mol. The van der Waals surface area contributed by atoms with Crippen LogP contribution in [0.25, 0.3) is 0 Å². The first-order valence-corrected chi connectivity index (χ1v) is 5.81. The Morgan fingerprint density at radius 3 is 2.15 bits per heavy atom. The monoisotopic (exact) mass is 185 g/mol. The Morgan fingerprint density at radius 2 is 1.62 bits per heavy atom. The van der Waals surface area contributed by atoms with Crippen molar-refractivity contribution >= 4 is 0 Å². The van der Waals surface area contributed by atoms with Crippen LogP contribution < -0.4 is 5.32 Å². The van der Waals surface area contributed by atoms with Gasteiger partial charge in [-0.3, -0.25) is 0 Å². The first-order chi connectivity index (χ1) is 6.16. The number of hydrogen-bond donors (Lipinski definition) is 1. The zero-order valence-corrected chi connectivity index (χ0v) is 9.90. The summed E-state index contributed by atoms with van der Waals surface area (Å²) in [5, 5.41) is 3.19. The van der Waals surface area contributed by atoms with Gasteiger partial charge in [-0.25, -0.2) is 0 Å². The Bertz CT molecular complexity index is 99.3. The highest BCUT2D eigenvalue weighted by molar-refractivity contribution is 4.56. The first kappa shape index (κ1) is 13.0. The molecule has 0 saturated heterocycles. The molecule has 0 aliphatic heterocycles. The van der Waals surface area contributed by atoms with Crippen molar-refractivity contribution in [3.63, 3.8) is 0 Å². The molecule has 0 bridgehead atoms. The molecule has 1 N–H and O–H groups in total. The second-order valence-electron chi connectivity index (χ2n) is 4.68. The fraction of sp³-hybridized carbons (Fsp3) is 1.00. The van der Waals surface area contributed by atoms with Gasteiger partial charge >= 0.3 is 0 Å². The maximum atomic E-state index is 3.19. The molecule has 1 heteroatoms. The molecule has 0 aromatic rings. The summed E-state index contributed by atoms with van der Waals surface area (Å²) in [6.07, 6.45) is 6.95. The molecule has 0 rings (SSSR count). The molecule has 1 unspecified atom stereocenters. The predicted molar refractivity (Wildman–Crippen MR) is 61.0 cm³/mol. The Labute approximate surface area is 84.3 Å². The quantitative estimate of drug-likeness (QED) is 0.571. The molecule has 0 saturated carbocycles. The molecule has 0 fully saturated rings. The van der Waals surface area contributed by atoms with E-state index < -0.39 is 0 Å². The average molecular weight is 185 g/mol. The van der Waals surface area contributed by atoms with Crippen molar-refractivity contribution < 1.29 is 0 Å². The molecule has 0 aliphatic carbocycles. The van der Waals surface area contributed by atoms with E-state index in [1.54, 1.807) is 0 Å². The van der Waals surface area contributed by atoms with E-state index in [1.807, 2.05) is 7.05 Å². The van der Waals surface area contributed by atoms with Gasteiger partial charge in [-0.1, -0.05) is 46.5 Å². The molecular formula is C12H27N. The Morgan fingerprint density at radius 1 is 0.923 bits per heavy atom. The van der Waals surface area contributed by atoms with Gasteiger partial charge in [-0.2, -0.15) is 0 Å². The van der Waals surface area contributed by atoms with E-state index in [9.17, 15) is 0 Å². The summed E-state index contributed by atoms with van der Waals surface area (Å²) in [6.45, 7) is 8.19. The van der Waals surface area contributed by atoms with Crippen LogP contribution in [0, 0.1) is 11.8 Å². The molecule has 80 valence electrons. The van der Waals surface area contributed by atoms with Crippen LogP contribution >= 0.6 is 0 Å². The lowest BCUT2D eigenvalue weighted by atomic mass is 9.95. The topological polar surface area (TPSA) is 12.0 Å². The fourth-order valence-electron chi connectivity index (χ4n) is 1.56. The van der Waals surface area contributed by atoms with E-state index in [4.69, 9.17) is 0 Å². The van der Waals surface area contributed by atoms with Crippen LogP contribution in [0.4, 0.5) is 0 Å². The van der Waals surface area contributed by atoms with Crippen LogP contribution in [0.5, 0.6) is 0 Å². The second kappa shape index (κ2) is 8.55. The highest BCUT2D eigenvalue weighted by Gasteiger charge is 2.03. The molecule has 1 nitrogen and oxygen atoms in total. The zero-order chi connectivity index (χ0) is 10.1. The van der Waals surface area contributed by atoms with Gasteiger partial charge < -0.3 is 5.32 Å². The molecule has 0 aliphatic rings. The molecule has 0 aromatic carbocycles. The minimum atomic E-state index is 0.875. The predicted octanol–water partition coefficient (Wildman–Crippen LogP) is 3.45. The lowest BCUT2D eigenvalue weighted by Gasteiger charge is -2.12. The number of hydrogen-bond acceptors (Lipinski definition) is 1. The zero-order valence-electron chi connectivity index (χ0n) is 9.90.